The van der Waals surface area contributed by atoms with Gasteiger partial charge in [-0.1, -0.05) is 44.2 Å². The maximum Gasteiger partial charge on any atom is 0.223 e. The predicted octanol–water partition coefficient (Wildman–Crippen LogP) is 2.16. The zero-order chi connectivity index (χ0) is 13.9. The van der Waals surface area contributed by atoms with Crippen molar-refractivity contribution in [3.05, 3.63) is 35.9 Å². The molecule has 3 nitrogen and oxygen atoms in total. The molecule has 1 aliphatic heterocycles. The molecule has 1 atom stereocenters. The summed E-state index contributed by atoms with van der Waals surface area (Å²) in [7, 11) is 0. The summed E-state index contributed by atoms with van der Waals surface area (Å²) in [5, 5.41) is 0. The van der Waals surface area contributed by atoms with Crippen molar-refractivity contribution in [2.24, 2.45) is 11.7 Å². The smallest absolute Gasteiger partial charge is 0.223 e. The second-order valence-corrected chi connectivity index (χ2v) is 6.16. The molecular formula is C16H24N2O. The first-order valence-electron chi connectivity index (χ1n) is 7.06. The monoisotopic (exact) mass is 260 g/mol. The quantitative estimate of drug-likeness (QED) is 0.901. The van der Waals surface area contributed by atoms with E-state index in [4.69, 9.17) is 5.73 Å². The standard InChI is InChI=1S/C16H24N2O/c1-16(2,14-6-4-3-5-7-14)10-15(19)18-9-8-13(11-17)12-18/h3-7,13H,8-12,17H2,1-2H3. The van der Waals surface area contributed by atoms with Gasteiger partial charge in [0.2, 0.25) is 5.91 Å². The number of hydrogen-bond acceptors (Lipinski definition) is 2. The highest BCUT2D eigenvalue weighted by Crippen LogP contribution is 2.28. The van der Waals surface area contributed by atoms with Crippen LogP contribution in [-0.4, -0.2) is 30.4 Å². The van der Waals surface area contributed by atoms with Gasteiger partial charge in [-0.15, -0.1) is 0 Å². The van der Waals surface area contributed by atoms with Crippen molar-refractivity contribution < 1.29 is 4.79 Å². The summed E-state index contributed by atoms with van der Waals surface area (Å²) in [4.78, 5) is 14.4. The van der Waals surface area contributed by atoms with Crippen molar-refractivity contribution in [1.82, 2.24) is 4.90 Å². The molecule has 19 heavy (non-hydrogen) atoms. The van der Waals surface area contributed by atoms with Crippen LogP contribution < -0.4 is 5.73 Å². The van der Waals surface area contributed by atoms with Crippen molar-refractivity contribution in [2.75, 3.05) is 19.6 Å². The van der Waals surface area contributed by atoms with Gasteiger partial charge in [-0.25, -0.2) is 0 Å². The highest BCUT2D eigenvalue weighted by molar-refractivity contribution is 5.78. The molecule has 0 bridgehead atoms. The van der Waals surface area contributed by atoms with Crippen molar-refractivity contribution in [3.8, 4) is 0 Å². The highest BCUT2D eigenvalue weighted by Gasteiger charge is 2.30. The fraction of sp³-hybridized carbons (Fsp3) is 0.562. The average Bonchev–Trinajstić information content (AvgIpc) is 2.88. The molecule has 3 heteroatoms. The van der Waals surface area contributed by atoms with Crippen molar-refractivity contribution in [3.63, 3.8) is 0 Å². The minimum atomic E-state index is -0.112. The zero-order valence-electron chi connectivity index (χ0n) is 11.9. The Kier molecular flexibility index (Phi) is 4.25. The molecule has 0 saturated carbocycles. The summed E-state index contributed by atoms with van der Waals surface area (Å²) in [5.41, 5.74) is 6.78. The van der Waals surface area contributed by atoms with Crippen LogP contribution in [0.15, 0.2) is 30.3 Å². The minimum absolute atomic E-state index is 0.112. The molecule has 0 spiro atoms. The van der Waals surface area contributed by atoms with Gasteiger partial charge in [0, 0.05) is 19.5 Å². The number of nitrogens with two attached hydrogens (primary N) is 1. The van der Waals surface area contributed by atoms with Crippen LogP contribution in [0.25, 0.3) is 0 Å². The number of likely N-dealkylation sites (tertiary alicyclic amines) is 1. The van der Waals surface area contributed by atoms with E-state index in [0.717, 1.165) is 19.5 Å². The van der Waals surface area contributed by atoms with Crippen molar-refractivity contribution in [1.29, 1.82) is 0 Å². The first kappa shape index (κ1) is 14.1. The van der Waals surface area contributed by atoms with E-state index < -0.39 is 0 Å². The lowest BCUT2D eigenvalue weighted by Crippen LogP contribution is -2.34. The van der Waals surface area contributed by atoms with E-state index in [9.17, 15) is 4.79 Å². The third kappa shape index (κ3) is 3.35. The maximum absolute atomic E-state index is 12.4. The first-order valence-corrected chi connectivity index (χ1v) is 7.06. The summed E-state index contributed by atoms with van der Waals surface area (Å²) in [6.45, 7) is 6.66. The molecule has 0 aliphatic carbocycles. The van der Waals surface area contributed by atoms with Crippen LogP contribution in [0.2, 0.25) is 0 Å². The Morgan fingerprint density at radius 2 is 2.05 bits per heavy atom. The normalized spacial score (nSPS) is 19.7. The van der Waals surface area contributed by atoms with E-state index in [1.807, 2.05) is 23.1 Å². The Balaban J connectivity index is 1.99. The summed E-state index contributed by atoms with van der Waals surface area (Å²) >= 11 is 0. The Labute approximate surface area is 115 Å². The van der Waals surface area contributed by atoms with E-state index in [2.05, 4.69) is 26.0 Å². The van der Waals surface area contributed by atoms with Crippen molar-refractivity contribution in [2.45, 2.75) is 32.1 Å². The summed E-state index contributed by atoms with van der Waals surface area (Å²) in [5.74, 6) is 0.744. The molecule has 2 rings (SSSR count). The molecule has 1 fully saturated rings. The van der Waals surface area contributed by atoms with Gasteiger partial charge in [0.1, 0.15) is 0 Å². The molecule has 0 radical (unpaired) electrons. The summed E-state index contributed by atoms with van der Waals surface area (Å²) < 4.78 is 0. The second-order valence-electron chi connectivity index (χ2n) is 6.16. The van der Waals surface area contributed by atoms with Gasteiger partial charge in [0.15, 0.2) is 0 Å². The highest BCUT2D eigenvalue weighted by atomic mass is 16.2. The zero-order valence-corrected chi connectivity index (χ0v) is 11.9. The van der Waals surface area contributed by atoms with Gasteiger partial charge in [-0.3, -0.25) is 4.79 Å². The van der Waals surface area contributed by atoms with Crippen LogP contribution in [0, 0.1) is 5.92 Å². The lowest BCUT2D eigenvalue weighted by atomic mass is 9.81. The van der Waals surface area contributed by atoms with Crippen LogP contribution in [0.4, 0.5) is 0 Å². The van der Waals surface area contributed by atoms with Gasteiger partial charge in [0.25, 0.3) is 0 Å². The molecule has 2 N–H and O–H groups in total. The molecule has 0 aromatic heterocycles. The predicted molar refractivity (Wildman–Crippen MR) is 77.8 cm³/mol. The van der Waals surface area contributed by atoms with Gasteiger partial charge in [-0.05, 0) is 29.9 Å². The topological polar surface area (TPSA) is 46.3 Å². The molecule has 104 valence electrons. The molecule has 1 aromatic rings. The molecule has 1 aromatic carbocycles. The Morgan fingerprint density at radius 1 is 1.37 bits per heavy atom. The molecule has 1 amide bonds. The first-order chi connectivity index (χ1) is 9.03. The van der Waals surface area contributed by atoms with Crippen LogP contribution in [0.3, 0.4) is 0 Å². The number of nitrogens with zero attached hydrogens (tertiary/aromatic N) is 1. The Hall–Kier alpha value is -1.35. The lowest BCUT2D eigenvalue weighted by Gasteiger charge is -2.27. The molecule has 1 unspecified atom stereocenters. The molecule has 1 heterocycles. The molecule has 1 saturated heterocycles. The third-order valence-corrected chi connectivity index (χ3v) is 4.12. The van der Waals surface area contributed by atoms with E-state index in [-0.39, 0.29) is 11.3 Å². The summed E-state index contributed by atoms with van der Waals surface area (Å²) in [6, 6.07) is 10.3. The molecule has 1 aliphatic rings. The summed E-state index contributed by atoms with van der Waals surface area (Å²) in [6.07, 6.45) is 1.61. The number of carbonyl (C=O) groups is 1. The van der Waals surface area contributed by atoms with E-state index in [0.29, 0.717) is 18.9 Å². The van der Waals surface area contributed by atoms with Crippen molar-refractivity contribution >= 4 is 5.91 Å². The third-order valence-electron chi connectivity index (χ3n) is 4.12. The minimum Gasteiger partial charge on any atom is -0.342 e. The number of hydrogen-bond donors (Lipinski definition) is 1. The number of carbonyl (C=O) groups excluding carboxylic acids is 1. The largest absolute Gasteiger partial charge is 0.342 e. The number of benzene rings is 1. The van der Waals surface area contributed by atoms with Gasteiger partial charge in [0.05, 0.1) is 0 Å². The SMILES string of the molecule is CC(C)(CC(=O)N1CCC(CN)C1)c1ccccc1. The maximum atomic E-state index is 12.4. The second kappa shape index (κ2) is 5.74. The Morgan fingerprint density at radius 3 is 2.63 bits per heavy atom. The van der Waals surface area contributed by atoms with E-state index in [1.165, 1.54) is 5.56 Å². The van der Waals surface area contributed by atoms with E-state index >= 15 is 0 Å². The van der Waals surface area contributed by atoms with Gasteiger partial charge >= 0.3 is 0 Å². The van der Waals surface area contributed by atoms with Crippen LogP contribution >= 0.6 is 0 Å². The fourth-order valence-electron chi connectivity index (χ4n) is 2.73. The van der Waals surface area contributed by atoms with Gasteiger partial charge in [-0.2, -0.15) is 0 Å². The number of amides is 1. The average molecular weight is 260 g/mol. The van der Waals surface area contributed by atoms with Gasteiger partial charge < -0.3 is 10.6 Å². The molecular weight excluding hydrogens is 236 g/mol. The van der Waals surface area contributed by atoms with Crippen LogP contribution in [0.5, 0.6) is 0 Å². The lowest BCUT2D eigenvalue weighted by molar-refractivity contribution is -0.131. The number of rotatable bonds is 4. The van der Waals surface area contributed by atoms with Crippen LogP contribution in [0.1, 0.15) is 32.3 Å². The van der Waals surface area contributed by atoms with Crippen LogP contribution in [-0.2, 0) is 10.2 Å². The fourth-order valence-corrected chi connectivity index (χ4v) is 2.73. The Bertz CT molecular complexity index is 428. The van der Waals surface area contributed by atoms with E-state index in [1.54, 1.807) is 0 Å².